The molecule has 1 amide bonds. The molecule has 1 aromatic heterocycles. The molecule has 190 valence electrons. The Bertz CT molecular complexity index is 1420. The van der Waals surface area contributed by atoms with E-state index in [0.29, 0.717) is 45.9 Å². The number of ether oxygens (including phenoxy) is 1. The fraction of sp³-hybridized carbons (Fsp3) is 0.393. The highest BCUT2D eigenvalue weighted by atomic mass is 35.5. The van der Waals surface area contributed by atoms with E-state index >= 15 is 0 Å². The van der Waals surface area contributed by atoms with Crippen LogP contribution in [0.5, 0.6) is 0 Å². The maximum absolute atomic E-state index is 13.3. The second kappa shape index (κ2) is 8.32. The number of rotatable bonds is 7. The van der Waals surface area contributed by atoms with Gasteiger partial charge >= 0.3 is 5.97 Å². The summed E-state index contributed by atoms with van der Waals surface area (Å²) in [6, 6.07) is 11.7. The van der Waals surface area contributed by atoms with Crippen LogP contribution >= 0.6 is 23.2 Å². The van der Waals surface area contributed by atoms with Crippen LogP contribution in [0.3, 0.4) is 0 Å². The van der Waals surface area contributed by atoms with E-state index in [1.807, 2.05) is 4.90 Å². The van der Waals surface area contributed by atoms with Gasteiger partial charge in [0.1, 0.15) is 11.5 Å². The van der Waals surface area contributed by atoms with E-state index in [-0.39, 0.29) is 34.9 Å². The fourth-order valence-corrected chi connectivity index (χ4v) is 7.26. The van der Waals surface area contributed by atoms with Crippen LogP contribution in [-0.2, 0) is 11.3 Å². The van der Waals surface area contributed by atoms with Gasteiger partial charge in [-0.3, -0.25) is 4.79 Å². The van der Waals surface area contributed by atoms with Crippen LogP contribution in [0.25, 0.3) is 11.3 Å². The number of carboxylic acid groups (broad SMARTS) is 1. The maximum Gasteiger partial charge on any atom is 0.335 e. The minimum atomic E-state index is -1.04. The lowest BCUT2D eigenvalue weighted by Crippen LogP contribution is -2.88. The first kappa shape index (κ1) is 23.3. The van der Waals surface area contributed by atoms with E-state index < -0.39 is 5.97 Å². The molecule has 7 rings (SSSR count). The Kier molecular flexibility index (Phi) is 5.23. The lowest BCUT2D eigenvalue weighted by Gasteiger charge is -2.78. The van der Waals surface area contributed by atoms with E-state index in [4.69, 9.17) is 32.5 Å². The van der Waals surface area contributed by atoms with Crippen molar-refractivity contribution in [3.05, 3.63) is 75.0 Å². The molecule has 4 atom stereocenters. The molecule has 2 aromatic carbocycles. The van der Waals surface area contributed by atoms with Gasteiger partial charge in [-0.15, -0.1) is 0 Å². The highest BCUT2D eigenvalue weighted by Gasteiger charge is 2.77. The molecule has 3 saturated carbocycles. The van der Waals surface area contributed by atoms with Crippen LogP contribution in [0.4, 0.5) is 0 Å². The van der Waals surface area contributed by atoms with Crippen molar-refractivity contribution >= 4 is 35.1 Å². The summed E-state index contributed by atoms with van der Waals surface area (Å²) in [7, 11) is 0. The monoisotopic (exact) mass is 538 g/mol. The predicted octanol–water partition coefficient (Wildman–Crippen LogP) is 6.04. The number of carbonyl (C=O) groups excluding carboxylic acids is 1. The topological polar surface area (TPSA) is 92.9 Å². The van der Waals surface area contributed by atoms with Gasteiger partial charge in [0.15, 0.2) is 0 Å². The first-order chi connectivity index (χ1) is 17.9. The average Bonchev–Trinajstić information content (AvgIpc) is 3.61. The van der Waals surface area contributed by atoms with Gasteiger partial charge in [-0.05, 0) is 56.0 Å². The molecule has 3 aromatic rings. The van der Waals surface area contributed by atoms with Gasteiger partial charge in [0, 0.05) is 41.0 Å². The van der Waals surface area contributed by atoms with Gasteiger partial charge in [0.2, 0.25) is 0 Å². The van der Waals surface area contributed by atoms with Gasteiger partial charge < -0.3 is 19.3 Å². The summed E-state index contributed by atoms with van der Waals surface area (Å²) >= 11 is 13.0. The first-order valence-corrected chi connectivity index (χ1v) is 13.4. The molecule has 1 aliphatic heterocycles. The number of aromatic nitrogens is 1. The smallest absolute Gasteiger partial charge is 0.335 e. The van der Waals surface area contributed by atoms with Crippen LogP contribution in [0.2, 0.25) is 10.0 Å². The number of halogens is 2. The molecule has 0 radical (unpaired) electrons. The molecular weight excluding hydrogens is 515 g/mol. The summed E-state index contributed by atoms with van der Waals surface area (Å²) in [5, 5.41) is 14.7. The van der Waals surface area contributed by atoms with Gasteiger partial charge in [-0.1, -0.05) is 40.5 Å². The van der Waals surface area contributed by atoms with Crippen molar-refractivity contribution in [1.29, 1.82) is 0 Å². The zero-order valence-corrected chi connectivity index (χ0v) is 21.3. The van der Waals surface area contributed by atoms with Gasteiger partial charge in [0.05, 0.1) is 33.9 Å². The largest absolute Gasteiger partial charge is 0.478 e. The van der Waals surface area contributed by atoms with Crippen molar-refractivity contribution in [3.8, 4) is 11.3 Å². The van der Waals surface area contributed by atoms with E-state index in [0.717, 1.165) is 37.0 Å². The standard InChI is InChI=1S/C28H24Cl2N2O5/c29-20-5-2-6-21(30)22(20)23-17(24(37-31-23)14-7-8-14)13-36-25-18-9-10-28(18)19(25)12-32(28)26(33)15-3-1-4-16(11-15)27(34)35/h1-6,11,14,18-19,25H,7-10,12-13H2,(H,34,35). The zero-order valence-electron chi connectivity index (χ0n) is 19.8. The second-order valence-electron chi connectivity index (χ2n) is 10.6. The molecule has 37 heavy (non-hydrogen) atoms. The fourth-order valence-electron chi connectivity index (χ4n) is 6.69. The van der Waals surface area contributed by atoms with Crippen molar-refractivity contribution in [1.82, 2.24) is 10.1 Å². The lowest BCUT2D eigenvalue weighted by molar-refractivity contribution is -0.314. The molecule has 3 aliphatic carbocycles. The molecule has 1 saturated heterocycles. The van der Waals surface area contributed by atoms with Crippen LogP contribution in [0, 0.1) is 11.8 Å². The Morgan fingerprint density at radius 2 is 1.81 bits per heavy atom. The molecule has 4 aliphatic rings. The normalized spacial score (nSPS) is 27.4. The summed E-state index contributed by atoms with van der Waals surface area (Å²) in [6.45, 7) is 0.966. The molecular formula is C28H24Cl2N2O5. The number of hydrogen-bond acceptors (Lipinski definition) is 5. The quantitative estimate of drug-likeness (QED) is 0.394. The maximum atomic E-state index is 13.3. The summed E-state index contributed by atoms with van der Waals surface area (Å²) in [4.78, 5) is 26.5. The van der Waals surface area contributed by atoms with Gasteiger partial charge in [-0.2, -0.15) is 0 Å². The number of amides is 1. The van der Waals surface area contributed by atoms with Crippen molar-refractivity contribution in [2.75, 3.05) is 6.54 Å². The summed E-state index contributed by atoms with van der Waals surface area (Å²) in [5.41, 5.74) is 2.59. The third-order valence-corrected chi connectivity index (χ3v) is 9.43. The number of likely N-dealkylation sites (tertiary alicyclic amines) is 1. The molecule has 2 heterocycles. The second-order valence-corrected chi connectivity index (χ2v) is 11.4. The minimum absolute atomic E-state index is 0.0553. The zero-order chi connectivity index (χ0) is 25.5. The van der Waals surface area contributed by atoms with E-state index in [9.17, 15) is 14.7 Å². The SMILES string of the molecule is O=C(O)c1cccc(C(=O)N2CC3C(OCc4c(-c5c(Cl)cccc5Cl)noc4C4CC4)C4CCC432)c1. The number of nitrogens with zero attached hydrogens (tertiary/aromatic N) is 2. The summed E-state index contributed by atoms with van der Waals surface area (Å²) < 4.78 is 12.3. The number of aromatic carboxylic acids is 1. The van der Waals surface area contributed by atoms with Crippen molar-refractivity contribution in [2.45, 2.75) is 49.9 Å². The van der Waals surface area contributed by atoms with E-state index in [1.54, 1.807) is 30.3 Å². The number of carboxylic acids is 1. The highest BCUT2D eigenvalue weighted by molar-refractivity contribution is 6.39. The minimum Gasteiger partial charge on any atom is -0.478 e. The molecule has 1 N–H and O–H groups in total. The Balaban J connectivity index is 1.09. The van der Waals surface area contributed by atoms with E-state index in [2.05, 4.69) is 5.16 Å². The van der Waals surface area contributed by atoms with Crippen molar-refractivity contribution < 1.29 is 24.0 Å². The molecule has 9 heteroatoms. The number of carbonyl (C=O) groups is 2. The Morgan fingerprint density at radius 3 is 2.46 bits per heavy atom. The Hall–Kier alpha value is -2.87. The van der Waals surface area contributed by atoms with Crippen molar-refractivity contribution in [3.63, 3.8) is 0 Å². The van der Waals surface area contributed by atoms with Gasteiger partial charge in [0.25, 0.3) is 5.91 Å². The van der Waals surface area contributed by atoms with Crippen LogP contribution < -0.4 is 0 Å². The van der Waals surface area contributed by atoms with Gasteiger partial charge in [-0.25, -0.2) is 4.79 Å². The summed E-state index contributed by atoms with van der Waals surface area (Å²) in [5.74, 6) is 0.611. The Labute approximate surface area is 223 Å². The molecule has 1 spiro atoms. The molecule has 7 nitrogen and oxygen atoms in total. The first-order valence-electron chi connectivity index (χ1n) is 12.6. The Morgan fingerprint density at radius 1 is 1.08 bits per heavy atom. The number of piperidine rings is 1. The molecule has 4 fully saturated rings. The third-order valence-electron chi connectivity index (χ3n) is 8.80. The molecule has 4 unspecified atom stereocenters. The number of hydrogen-bond donors (Lipinski definition) is 1. The third kappa shape index (κ3) is 3.33. The predicted molar refractivity (Wildman–Crippen MR) is 136 cm³/mol. The van der Waals surface area contributed by atoms with E-state index in [1.165, 1.54) is 12.1 Å². The lowest BCUT2D eigenvalue weighted by atomic mass is 9.40. The number of benzene rings is 2. The van der Waals surface area contributed by atoms with Crippen LogP contribution in [0.15, 0.2) is 47.0 Å². The highest BCUT2D eigenvalue weighted by Crippen LogP contribution is 2.68. The van der Waals surface area contributed by atoms with Crippen molar-refractivity contribution in [2.24, 2.45) is 11.8 Å². The molecule has 0 bridgehead atoms. The van der Waals surface area contributed by atoms with Crippen LogP contribution in [0.1, 0.15) is 63.6 Å². The van der Waals surface area contributed by atoms with Crippen LogP contribution in [-0.4, -0.2) is 45.2 Å². The summed E-state index contributed by atoms with van der Waals surface area (Å²) in [6.07, 6.45) is 4.14. The average molecular weight is 539 g/mol.